The van der Waals surface area contributed by atoms with Crippen molar-refractivity contribution in [2.45, 2.75) is 47.6 Å². The number of amides is 1. The molecule has 114 valence electrons. The van der Waals surface area contributed by atoms with Crippen molar-refractivity contribution in [3.8, 4) is 0 Å². The fourth-order valence-electron chi connectivity index (χ4n) is 2.58. The topological polar surface area (TPSA) is 46.2 Å². The maximum absolute atomic E-state index is 12.6. The van der Waals surface area contributed by atoms with Gasteiger partial charge in [0, 0.05) is 16.6 Å². The van der Waals surface area contributed by atoms with Gasteiger partial charge in [-0.2, -0.15) is 0 Å². The molecule has 1 amide bonds. The third-order valence-corrected chi connectivity index (χ3v) is 4.84. The van der Waals surface area contributed by atoms with Gasteiger partial charge in [-0.15, -0.1) is 0 Å². The summed E-state index contributed by atoms with van der Waals surface area (Å²) in [5, 5.41) is 2.83. The Bertz CT molecular complexity index is 573. The van der Waals surface area contributed by atoms with Crippen LogP contribution in [0.2, 0.25) is 0 Å². The summed E-state index contributed by atoms with van der Waals surface area (Å²) in [5.41, 5.74) is 0.840. The predicted octanol–water partition coefficient (Wildman–Crippen LogP) is 3.18. The Labute approximate surface area is 127 Å². The molecule has 0 bridgehead atoms. The fraction of sp³-hybridized carbons (Fsp3) is 0.556. The molecule has 2 unspecified atom stereocenters. The molecule has 1 aliphatic carbocycles. The SMILES string of the molecule is CC(C)C1NC(=O)C2=C(C=CC(C)(C(C)(C)C)C=C2)C1=O. The normalized spacial score (nSPS) is 29.6. The Hall–Kier alpha value is -1.64. The second-order valence-corrected chi connectivity index (χ2v) is 7.59. The van der Waals surface area contributed by atoms with Gasteiger partial charge >= 0.3 is 0 Å². The Balaban J connectivity index is 2.49. The van der Waals surface area contributed by atoms with Crippen LogP contribution in [0.1, 0.15) is 41.5 Å². The lowest BCUT2D eigenvalue weighted by Crippen LogP contribution is -2.49. The minimum absolute atomic E-state index is 0.00554. The van der Waals surface area contributed by atoms with E-state index >= 15 is 0 Å². The van der Waals surface area contributed by atoms with E-state index in [1.165, 1.54) is 0 Å². The third-order valence-electron chi connectivity index (χ3n) is 4.84. The Morgan fingerprint density at radius 1 is 1.10 bits per heavy atom. The molecule has 0 spiro atoms. The minimum atomic E-state index is -0.423. The number of nitrogens with one attached hydrogen (secondary N) is 1. The number of hydrogen-bond donors (Lipinski definition) is 1. The quantitative estimate of drug-likeness (QED) is 0.805. The Morgan fingerprint density at radius 2 is 1.62 bits per heavy atom. The summed E-state index contributed by atoms with van der Waals surface area (Å²) in [6, 6.07) is -0.423. The predicted molar refractivity (Wildman–Crippen MR) is 84.6 cm³/mol. The van der Waals surface area contributed by atoms with Crippen LogP contribution >= 0.6 is 0 Å². The smallest absolute Gasteiger partial charge is 0.252 e. The van der Waals surface area contributed by atoms with Crippen LogP contribution in [0.5, 0.6) is 0 Å². The summed E-state index contributed by atoms with van der Waals surface area (Å²) >= 11 is 0. The van der Waals surface area contributed by atoms with Gasteiger partial charge in [0.25, 0.3) is 5.91 Å². The molecule has 0 radical (unpaired) electrons. The highest BCUT2D eigenvalue weighted by atomic mass is 16.2. The van der Waals surface area contributed by atoms with E-state index in [1.54, 1.807) is 0 Å². The maximum atomic E-state index is 12.6. The molecule has 0 fully saturated rings. The first-order valence-electron chi connectivity index (χ1n) is 7.54. The van der Waals surface area contributed by atoms with E-state index < -0.39 is 6.04 Å². The lowest BCUT2D eigenvalue weighted by molar-refractivity contribution is -0.126. The second kappa shape index (κ2) is 4.97. The zero-order valence-corrected chi connectivity index (χ0v) is 13.8. The lowest BCUT2D eigenvalue weighted by atomic mass is 9.67. The maximum Gasteiger partial charge on any atom is 0.252 e. The number of Topliss-reactive ketones (excluding diaryl/α,β-unsaturated/α-hetero) is 1. The lowest BCUT2D eigenvalue weighted by Gasteiger charge is -2.37. The summed E-state index contributed by atoms with van der Waals surface area (Å²) in [7, 11) is 0. The van der Waals surface area contributed by atoms with E-state index in [0.29, 0.717) is 11.1 Å². The zero-order valence-electron chi connectivity index (χ0n) is 13.8. The van der Waals surface area contributed by atoms with Crippen LogP contribution in [-0.4, -0.2) is 17.7 Å². The van der Waals surface area contributed by atoms with Gasteiger partial charge in [-0.25, -0.2) is 0 Å². The van der Waals surface area contributed by atoms with Crippen LogP contribution in [-0.2, 0) is 9.59 Å². The Kier molecular flexibility index (Phi) is 3.73. The van der Waals surface area contributed by atoms with E-state index in [4.69, 9.17) is 0 Å². The summed E-state index contributed by atoms with van der Waals surface area (Å²) < 4.78 is 0. The third kappa shape index (κ3) is 2.61. The molecule has 1 N–H and O–H groups in total. The van der Waals surface area contributed by atoms with Gasteiger partial charge in [0.15, 0.2) is 5.78 Å². The number of hydrogen-bond acceptors (Lipinski definition) is 2. The molecule has 1 aliphatic heterocycles. The van der Waals surface area contributed by atoms with Crippen LogP contribution < -0.4 is 5.32 Å². The molecular weight excluding hydrogens is 262 g/mol. The molecule has 21 heavy (non-hydrogen) atoms. The number of rotatable bonds is 1. The van der Waals surface area contributed by atoms with Crippen LogP contribution in [0.4, 0.5) is 0 Å². The van der Waals surface area contributed by atoms with Gasteiger partial charge in [0.2, 0.25) is 0 Å². The van der Waals surface area contributed by atoms with Crippen molar-refractivity contribution >= 4 is 11.7 Å². The van der Waals surface area contributed by atoms with Crippen molar-refractivity contribution in [1.29, 1.82) is 0 Å². The highest BCUT2D eigenvalue weighted by molar-refractivity contribution is 6.16. The minimum Gasteiger partial charge on any atom is -0.342 e. The van der Waals surface area contributed by atoms with Gasteiger partial charge < -0.3 is 5.32 Å². The van der Waals surface area contributed by atoms with Crippen LogP contribution in [0.15, 0.2) is 35.5 Å². The van der Waals surface area contributed by atoms with Crippen molar-refractivity contribution < 1.29 is 9.59 Å². The van der Waals surface area contributed by atoms with Crippen LogP contribution in [0.25, 0.3) is 0 Å². The van der Waals surface area contributed by atoms with Gasteiger partial charge in [-0.3, -0.25) is 9.59 Å². The van der Waals surface area contributed by atoms with E-state index in [-0.39, 0.29) is 28.4 Å². The molecule has 2 atom stereocenters. The first-order chi connectivity index (χ1) is 9.57. The molecule has 1 heterocycles. The standard InChI is InChI=1S/C18H25NO2/c1-11(2)14-15(20)12-7-9-18(6,17(3,4)5)10-8-13(12)16(21)19-14/h7-11,14H,1-6H3,(H,19,21). The second-order valence-electron chi connectivity index (χ2n) is 7.59. The molecule has 2 aliphatic rings. The van der Waals surface area contributed by atoms with Crippen LogP contribution in [0, 0.1) is 16.7 Å². The average molecular weight is 287 g/mol. The first-order valence-corrected chi connectivity index (χ1v) is 7.54. The van der Waals surface area contributed by atoms with E-state index in [9.17, 15) is 9.59 Å². The molecule has 2 rings (SSSR count). The summed E-state index contributed by atoms with van der Waals surface area (Å²) in [4.78, 5) is 24.9. The van der Waals surface area contributed by atoms with Gasteiger partial charge in [-0.1, -0.05) is 65.8 Å². The zero-order chi connectivity index (χ0) is 16.0. The molecule has 0 saturated heterocycles. The molecular formula is C18H25NO2. The number of carbonyl (C=O) groups is 2. The van der Waals surface area contributed by atoms with Crippen molar-refractivity contribution in [3.63, 3.8) is 0 Å². The monoisotopic (exact) mass is 287 g/mol. The molecule has 3 heteroatoms. The van der Waals surface area contributed by atoms with E-state index in [1.807, 2.05) is 32.1 Å². The molecule has 3 nitrogen and oxygen atoms in total. The molecule has 0 aromatic carbocycles. The largest absolute Gasteiger partial charge is 0.342 e. The number of carbonyl (C=O) groups excluding carboxylic acids is 2. The van der Waals surface area contributed by atoms with Crippen molar-refractivity contribution in [2.75, 3.05) is 0 Å². The summed E-state index contributed by atoms with van der Waals surface area (Å²) in [6.45, 7) is 12.5. The van der Waals surface area contributed by atoms with Gasteiger partial charge in [0.05, 0.1) is 6.04 Å². The number of ketones is 1. The molecule has 0 aromatic rings. The van der Waals surface area contributed by atoms with Crippen molar-refractivity contribution in [3.05, 3.63) is 35.5 Å². The highest BCUT2D eigenvalue weighted by Gasteiger charge is 2.38. The van der Waals surface area contributed by atoms with Gasteiger partial charge in [-0.05, 0) is 11.3 Å². The van der Waals surface area contributed by atoms with Crippen molar-refractivity contribution in [2.24, 2.45) is 16.7 Å². The number of allylic oxidation sites excluding steroid dienone is 3. The van der Waals surface area contributed by atoms with E-state index in [2.05, 4.69) is 39.1 Å². The van der Waals surface area contributed by atoms with E-state index in [0.717, 1.165) is 0 Å². The highest BCUT2D eigenvalue weighted by Crippen LogP contribution is 2.43. The average Bonchev–Trinajstić information content (AvgIpc) is 2.54. The van der Waals surface area contributed by atoms with Crippen molar-refractivity contribution in [1.82, 2.24) is 5.32 Å². The molecule has 0 aromatic heterocycles. The Morgan fingerprint density at radius 3 is 2.10 bits per heavy atom. The first kappa shape index (κ1) is 15.7. The summed E-state index contributed by atoms with van der Waals surface area (Å²) in [5.74, 6) is -0.0499. The van der Waals surface area contributed by atoms with Gasteiger partial charge in [0.1, 0.15) is 0 Å². The summed E-state index contributed by atoms with van der Waals surface area (Å²) in [6.07, 6.45) is 7.75. The fourth-order valence-corrected chi connectivity index (χ4v) is 2.58. The molecule has 0 saturated carbocycles. The van der Waals surface area contributed by atoms with Crippen LogP contribution in [0.3, 0.4) is 0 Å².